The third-order valence-corrected chi connectivity index (χ3v) is 6.29. The minimum Gasteiger partial charge on any atom is -0.478 e. The quantitative estimate of drug-likeness (QED) is 0.342. The number of carboxylic acids is 1. The van der Waals surface area contributed by atoms with Crippen molar-refractivity contribution < 1.29 is 23.9 Å². The van der Waals surface area contributed by atoms with Crippen LogP contribution in [-0.4, -0.2) is 28.1 Å². The molecule has 0 radical (unpaired) electrons. The van der Waals surface area contributed by atoms with Gasteiger partial charge in [0.15, 0.2) is 0 Å². The van der Waals surface area contributed by atoms with Gasteiger partial charge in [0.25, 0.3) is 5.91 Å². The van der Waals surface area contributed by atoms with Gasteiger partial charge in [0.05, 0.1) is 15.8 Å². The molecule has 0 aliphatic rings. The number of anilines is 2. The minimum atomic E-state index is -1.18. The Hall–Kier alpha value is -3.36. The van der Waals surface area contributed by atoms with Gasteiger partial charge in [-0.3, -0.25) is 9.59 Å². The van der Waals surface area contributed by atoms with Crippen molar-refractivity contribution in [2.75, 3.05) is 10.6 Å². The molecule has 0 saturated heterocycles. The van der Waals surface area contributed by atoms with Crippen LogP contribution in [0, 0.1) is 5.82 Å². The number of rotatable bonds is 8. The van der Waals surface area contributed by atoms with Crippen LogP contribution in [0.3, 0.4) is 0 Å². The Balaban J connectivity index is 1.68. The number of aromatic carboxylic acids is 1. The average molecular weight is 487 g/mol. The summed E-state index contributed by atoms with van der Waals surface area (Å²) in [6, 6.07) is 16.5. The first-order valence-electron chi connectivity index (χ1n) is 9.94. The predicted molar refractivity (Wildman–Crippen MR) is 128 cm³/mol. The van der Waals surface area contributed by atoms with Gasteiger partial charge in [-0.2, -0.15) is 0 Å². The lowest BCUT2D eigenvalue weighted by atomic mass is 10.2. The Labute approximate surface area is 199 Å². The highest BCUT2D eigenvalue weighted by Gasteiger charge is 2.19. The van der Waals surface area contributed by atoms with Crippen molar-refractivity contribution in [1.82, 2.24) is 0 Å². The lowest BCUT2D eigenvalue weighted by molar-refractivity contribution is -0.115. The molecule has 0 saturated carbocycles. The molecule has 1 atom stereocenters. The van der Waals surface area contributed by atoms with Gasteiger partial charge in [0, 0.05) is 21.8 Å². The van der Waals surface area contributed by atoms with Crippen molar-refractivity contribution in [3.05, 3.63) is 88.7 Å². The third-order valence-electron chi connectivity index (χ3n) is 4.60. The van der Waals surface area contributed by atoms with Crippen LogP contribution in [0.2, 0.25) is 5.02 Å². The van der Waals surface area contributed by atoms with E-state index in [1.54, 1.807) is 18.2 Å². The summed E-state index contributed by atoms with van der Waals surface area (Å²) in [6.45, 7) is 1.86. The number of halogens is 2. The van der Waals surface area contributed by atoms with Crippen LogP contribution in [0.1, 0.15) is 34.1 Å². The summed E-state index contributed by atoms with van der Waals surface area (Å²) in [6.07, 6.45) is 0.516. The molecule has 0 aromatic heterocycles. The number of hydrogen-bond donors (Lipinski definition) is 3. The molecular formula is C24H20ClFN2O4S. The second kappa shape index (κ2) is 11.0. The number of nitrogens with one attached hydrogen (secondary N) is 2. The number of carbonyl (C=O) groups excluding carboxylic acids is 2. The molecule has 0 aliphatic carbocycles. The van der Waals surface area contributed by atoms with E-state index in [1.807, 2.05) is 13.0 Å². The zero-order chi connectivity index (χ0) is 24.0. The lowest BCUT2D eigenvalue weighted by Crippen LogP contribution is -2.24. The number of benzene rings is 3. The number of carboxylic acid groups (broad SMARTS) is 1. The maximum Gasteiger partial charge on any atom is 0.337 e. The molecule has 0 spiro atoms. The number of thioether (sulfide) groups is 1. The van der Waals surface area contributed by atoms with Crippen molar-refractivity contribution in [3.8, 4) is 0 Å². The fraction of sp³-hybridized carbons (Fsp3) is 0.125. The van der Waals surface area contributed by atoms with Gasteiger partial charge in [-0.25, -0.2) is 9.18 Å². The second-order valence-corrected chi connectivity index (χ2v) is 8.68. The van der Waals surface area contributed by atoms with Crippen molar-refractivity contribution in [1.29, 1.82) is 0 Å². The van der Waals surface area contributed by atoms with E-state index in [4.69, 9.17) is 11.6 Å². The Bertz CT molecular complexity index is 1190. The van der Waals surface area contributed by atoms with E-state index < -0.39 is 17.0 Å². The van der Waals surface area contributed by atoms with Gasteiger partial charge >= 0.3 is 5.97 Å². The van der Waals surface area contributed by atoms with E-state index in [9.17, 15) is 23.9 Å². The van der Waals surface area contributed by atoms with Crippen LogP contribution in [0.5, 0.6) is 0 Å². The van der Waals surface area contributed by atoms with Gasteiger partial charge in [-0.15, -0.1) is 11.8 Å². The molecule has 3 rings (SSSR count). The first-order chi connectivity index (χ1) is 15.8. The van der Waals surface area contributed by atoms with Crippen LogP contribution in [0.25, 0.3) is 0 Å². The molecular weight excluding hydrogens is 467 g/mol. The van der Waals surface area contributed by atoms with Gasteiger partial charge in [0.2, 0.25) is 5.91 Å². The van der Waals surface area contributed by atoms with Crippen molar-refractivity contribution in [3.63, 3.8) is 0 Å². The van der Waals surface area contributed by atoms with Crippen LogP contribution in [0.15, 0.2) is 71.6 Å². The highest BCUT2D eigenvalue weighted by atomic mass is 35.5. The Morgan fingerprint density at radius 3 is 2.36 bits per heavy atom. The largest absolute Gasteiger partial charge is 0.478 e. The molecule has 6 nitrogen and oxygen atoms in total. The van der Waals surface area contributed by atoms with Crippen LogP contribution in [0.4, 0.5) is 15.8 Å². The van der Waals surface area contributed by atoms with Crippen LogP contribution < -0.4 is 10.6 Å². The zero-order valence-electron chi connectivity index (χ0n) is 17.5. The number of amides is 2. The molecule has 2 amide bonds. The van der Waals surface area contributed by atoms with Crippen molar-refractivity contribution >= 4 is 52.5 Å². The SMILES string of the molecule is CCC(Sc1cccc(NC(=O)c2ccc(F)cc2)c1)C(=O)Nc1ccc(Cl)c(C(=O)O)c1. The maximum atomic E-state index is 13.1. The standard InChI is InChI=1S/C24H20ClFN2O4S/c1-2-21(23(30)28-17-10-11-20(25)19(13-17)24(31)32)33-18-5-3-4-16(12-18)27-22(29)14-6-8-15(26)9-7-14/h3-13,21H,2H2,1H3,(H,27,29)(H,28,30)(H,31,32). The van der Waals surface area contributed by atoms with Crippen molar-refractivity contribution in [2.24, 2.45) is 0 Å². The molecule has 0 fully saturated rings. The molecule has 0 bridgehead atoms. The van der Waals surface area contributed by atoms with Gasteiger partial charge in [-0.05, 0) is 67.1 Å². The smallest absolute Gasteiger partial charge is 0.337 e. The first kappa shape index (κ1) is 24.3. The van der Waals surface area contributed by atoms with E-state index in [1.165, 1.54) is 54.2 Å². The van der Waals surface area contributed by atoms with E-state index in [-0.39, 0.29) is 22.4 Å². The molecule has 9 heteroatoms. The van der Waals surface area contributed by atoms with Gasteiger partial charge in [0.1, 0.15) is 5.82 Å². The molecule has 33 heavy (non-hydrogen) atoms. The van der Waals surface area contributed by atoms with Crippen molar-refractivity contribution in [2.45, 2.75) is 23.5 Å². The minimum absolute atomic E-state index is 0.0846. The summed E-state index contributed by atoms with van der Waals surface area (Å²) in [5.41, 5.74) is 1.10. The van der Waals surface area contributed by atoms with E-state index >= 15 is 0 Å². The molecule has 3 N–H and O–H groups in total. The lowest BCUT2D eigenvalue weighted by Gasteiger charge is -2.16. The molecule has 0 aliphatic heterocycles. The zero-order valence-corrected chi connectivity index (χ0v) is 19.0. The molecule has 3 aromatic rings. The van der Waals surface area contributed by atoms with Crippen LogP contribution >= 0.6 is 23.4 Å². The Kier molecular flexibility index (Phi) is 8.08. The summed E-state index contributed by atoms with van der Waals surface area (Å²) in [5, 5.41) is 14.3. The maximum absolute atomic E-state index is 13.1. The summed E-state index contributed by atoms with van der Waals surface area (Å²) in [5.74, 6) is -2.27. The number of carbonyl (C=O) groups is 3. The van der Waals surface area contributed by atoms with E-state index in [2.05, 4.69) is 10.6 Å². The molecule has 0 heterocycles. The molecule has 170 valence electrons. The third kappa shape index (κ3) is 6.57. The summed E-state index contributed by atoms with van der Waals surface area (Å²) >= 11 is 7.19. The summed E-state index contributed by atoms with van der Waals surface area (Å²) < 4.78 is 13.1. The first-order valence-corrected chi connectivity index (χ1v) is 11.2. The van der Waals surface area contributed by atoms with E-state index in [0.717, 1.165) is 4.90 Å². The highest BCUT2D eigenvalue weighted by Crippen LogP contribution is 2.29. The average Bonchev–Trinajstić information content (AvgIpc) is 2.79. The Morgan fingerprint density at radius 2 is 1.70 bits per heavy atom. The second-order valence-electron chi connectivity index (χ2n) is 6.99. The van der Waals surface area contributed by atoms with Gasteiger partial charge < -0.3 is 15.7 Å². The van der Waals surface area contributed by atoms with Crippen LogP contribution in [-0.2, 0) is 4.79 Å². The highest BCUT2D eigenvalue weighted by molar-refractivity contribution is 8.00. The fourth-order valence-electron chi connectivity index (χ4n) is 2.93. The topological polar surface area (TPSA) is 95.5 Å². The molecule has 3 aromatic carbocycles. The summed E-state index contributed by atoms with van der Waals surface area (Å²) in [4.78, 5) is 37.2. The monoisotopic (exact) mass is 486 g/mol. The predicted octanol–water partition coefficient (Wildman–Crippen LogP) is 5.94. The normalized spacial score (nSPS) is 11.5. The van der Waals surface area contributed by atoms with Gasteiger partial charge in [-0.1, -0.05) is 24.6 Å². The Morgan fingerprint density at radius 1 is 1.00 bits per heavy atom. The summed E-state index contributed by atoms with van der Waals surface area (Å²) in [7, 11) is 0. The molecule has 1 unspecified atom stereocenters. The number of hydrogen-bond acceptors (Lipinski definition) is 4. The fourth-order valence-corrected chi connectivity index (χ4v) is 4.14. The van der Waals surface area contributed by atoms with E-state index in [0.29, 0.717) is 23.4 Å².